The fourth-order valence-electron chi connectivity index (χ4n) is 0.525. The molecule has 0 aliphatic rings. The highest BCUT2D eigenvalue weighted by molar-refractivity contribution is 6.76. The normalized spacial score (nSPS) is 17.4. The van der Waals surface area contributed by atoms with E-state index in [0.29, 0.717) is 0 Å². The van der Waals surface area contributed by atoms with Crippen LogP contribution in [-0.4, -0.2) is 22.4 Å². The van der Waals surface area contributed by atoms with Gasteiger partial charge in [0, 0.05) is 0 Å². The molecular formula is C5H14O2Si2. The maximum absolute atomic E-state index is 9.33. The molecule has 9 heavy (non-hydrogen) atoms. The zero-order valence-corrected chi connectivity index (χ0v) is 8.37. The maximum atomic E-state index is 9.33. The molecule has 54 valence electrons. The largest absolute Gasteiger partial charge is 0.436 e. The van der Waals surface area contributed by atoms with Gasteiger partial charge in [-0.1, -0.05) is 5.70 Å². The van der Waals surface area contributed by atoms with Crippen LogP contribution in [0.1, 0.15) is 0 Å². The van der Waals surface area contributed by atoms with Crippen molar-refractivity contribution in [3.63, 3.8) is 0 Å². The number of hydrogen-bond donors (Lipinski definition) is 1. The highest BCUT2D eigenvalue weighted by Crippen LogP contribution is 2.02. The van der Waals surface area contributed by atoms with Gasteiger partial charge >= 0.3 is 8.56 Å². The molecule has 0 radical (unpaired) electrons. The molecule has 2 nitrogen and oxygen atoms in total. The van der Waals surface area contributed by atoms with E-state index in [4.69, 9.17) is 4.12 Å². The summed E-state index contributed by atoms with van der Waals surface area (Å²) in [5.41, 5.74) is 1.54. The Hall–Kier alpha value is 0.0938. The van der Waals surface area contributed by atoms with Crippen LogP contribution >= 0.6 is 0 Å². The van der Waals surface area contributed by atoms with Gasteiger partial charge < -0.3 is 8.91 Å². The summed E-state index contributed by atoms with van der Waals surface area (Å²) >= 11 is 0. The zero-order valence-electron chi connectivity index (χ0n) is 6.22. The fraction of sp³-hybridized carbons (Fsp3) is 0.600. The highest BCUT2D eigenvalue weighted by atomic mass is 28.4. The Labute approximate surface area is 59.1 Å². The molecule has 0 aliphatic heterocycles. The molecule has 0 bridgehead atoms. The van der Waals surface area contributed by atoms with Crippen LogP contribution in [0.3, 0.4) is 0 Å². The van der Waals surface area contributed by atoms with Crippen LogP contribution in [0.2, 0.25) is 19.6 Å². The van der Waals surface area contributed by atoms with Crippen molar-refractivity contribution in [2.24, 2.45) is 0 Å². The van der Waals surface area contributed by atoms with Gasteiger partial charge in [-0.3, -0.25) is 0 Å². The predicted molar refractivity (Wildman–Crippen MR) is 44.0 cm³/mol. The van der Waals surface area contributed by atoms with E-state index >= 15 is 0 Å². The molecule has 0 fully saturated rings. The fourth-order valence-corrected chi connectivity index (χ4v) is 4.73. The lowest BCUT2D eigenvalue weighted by Gasteiger charge is -2.18. The van der Waals surface area contributed by atoms with E-state index in [1.54, 1.807) is 12.2 Å². The Balaban J connectivity index is 3.71. The van der Waals surface area contributed by atoms with Crippen molar-refractivity contribution >= 4 is 17.6 Å². The number of rotatable bonds is 3. The second-order valence-corrected chi connectivity index (χ2v) is 7.98. The standard InChI is InChI=1S/C5H14O2Si2/c1-5-9(4,6)7-8(2)3/h5-6,8H,1H2,2-4H3. The van der Waals surface area contributed by atoms with Crippen LogP contribution in [-0.2, 0) is 4.12 Å². The Bertz CT molecular complexity index is 101. The summed E-state index contributed by atoms with van der Waals surface area (Å²) in [6.45, 7) is 9.29. The molecule has 1 N–H and O–H groups in total. The first-order valence-corrected chi connectivity index (χ1v) is 8.23. The number of hydrogen-bond acceptors (Lipinski definition) is 2. The lowest BCUT2D eigenvalue weighted by molar-refractivity contribution is 0.406. The van der Waals surface area contributed by atoms with Crippen molar-refractivity contribution in [2.75, 3.05) is 0 Å². The van der Waals surface area contributed by atoms with E-state index in [9.17, 15) is 4.80 Å². The molecule has 0 aromatic carbocycles. The van der Waals surface area contributed by atoms with Crippen molar-refractivity contribution in [2.45, 2.75) is 19.6 Å². The average molecular weight is 162 g/mol. The maximum Gasteiger partial charge on any atom is 0.348 e. The molecule has 0 saturated heterocycles. The van der Waals surface area contributed by atoms with Gasteiger partial charge in [-0.2, -0.15) is 0 Å². The van der Waals surface area contributed by atoms with Gasteiger partial charge in [0.2, 0.25) is 0 Å². The zero-order chi connectivity index (χ0) is 7.49. The summed E-state index contributed by atoms with van der Waals surface area (Å²) in [6.07, 6.45) is 0. The molecule has 0 heterocycles. The Kier molecular flexibility index (Phi) is 3.34. The Morgan fingerprint density at radius 3 is 2.22 bits per heavy atom. The van der Waals surface area contributed by atoms with E-state index < -0.39 is 17.6 Å². The van der Waals surface area contributed by atoms with Crippen molar-refractivity contribution in [1.29, 1.82) is 0 Å². The summed E-state index contributed by atoms with van der Waals surface area (Å²) in [6, 6.07) is 0. The second kappa shape index (κ2) is 3.31. The smallest absolute Gasteiger partial charge is 0.348 e. The molecule has 0 aliphatic carbocycles. The van der Waals surface area contributed by atoms with Crippen LogP contribution in [0.4, 0.5) is 0 Å². The molecular weight excluding hydrogens is 148 g/mol. The van der Waals surface area contributed by atoms with E-state index in [1.807, 2.05) is 13.1 Å². The third kappa shape index (κ3) is 4.59. The van der Waals surface area contributed by atoms with Crippen molar-refractivity contribution in [3.05, 3.63) is 12.3 Å². The van der Waals surface area contributed by atoms with Crippen LogP contribution in [0.15, 0.2) is 12.3 Å². The highest BCUT2D eigenvalue weighted by Gasteiger charge is 2.22. The van der Waals surface area contributed by atoms with Crippen molar-refractivity contribution in [3.8, 4) is 0 Å². The molecule has 1 unspecified atom stereocenters. The van der Waals surface area contributed by atoms with Gasteiger partial charge in [-0.05, 0) is 19.6 Å². The molecule has 0 spiro atoms. The minimum atomic E-state index is -2.41. The molecule has 0 aromatic rings. The van der Waals surface area contributed by atoms with Crippen LogP contribution in [0.25, 0.3) is 0 Å². The summed E-state index contributed by atoms with van der Waals surface area (Å²) in [5, 5.41) is 0. The van der Waals surface area contributed by atoms with Crippen LogP contribution in [0, 0.1) is 0 Å². The predicted octanol–water partition coefficient (Wildman–Crippen LogP) is 0.776. The van der Waals surface area contributed by atoms with Gasteiger partial charge in [-0.15, -0.1) is 6.58 Å². The topological polar surface area (TPSA) is 29.5 Å². The van der Waals surface area contributed by atoms with Gasteiger partial charge in [0.05, 0.1) is 0 Å². The summed E-state index contributed by atoms with van der Waals surface area (Å²) in [5.74, 6) is 0. The average Bonchev–Trinajstić information content (AvgIpc) is 1.63. The lowest BCUT2D eigenvalue weighted by Crippen LogP contribution is -2.36. The first-order chi connectivity index (χ1) is 3.98. The minimum Gasteiger partial charge on any atom is -0.436 e. The Morgan fingerprint density at radius 1 is 1.67 bits per heavy atom. The van der Waals surface area contributed by atoms with Crippen LogP contribution < -0.4 is 0 Å². The minimum absolute atomic E-state index is 1.07. The monoisotopic (exact) mass is 162 g/mol. The third-order valence-corrected chi connectivity index (χ3v) is 5.40. The van der Waals surface area contributed by atoms with E-state index in [1.165, 1.54) is 0 Å². The van der Waals surface area contributed by atoms with Gasteiger partial charge in [-0.25, -0.2) is 0 Å². The molecule has 0 amide bonds. The lowest BCUT2D eigenvalue weighted by atomic mass is 11.3. The van der Waals surface area contributed by atoms with E-state index in [2.05, 4.69) is 6.58 Å². The van der Waals surface area contributed by atoms with Crippen LogP contribution in [0.5, 0.6) is 0 Å². The molecule has 0 aromatic heterocycles. The molecule has 0 rings (SSSR count). The molecule has 4 heteroatoms. The van der Waals surface area contributed by atoms with E-state index in [0.717, 1.165) is 0 Å². The summed E-state index contributed by atoms with van der Waals surface area (Å²) in [4.78, 5) is 9.33. The first kappa shape index (κ1) is 9.09. The third-order valence-electron chi connectivity index (χ3n) is 0.853. The summed E-state index contributed by atoms with van der Waals surface area (Å²) in [7, 11) is -3.49. The van der Waals surface area contributed by atoms with Gasteiger partial charge in [0.15, 0.2) is 9.04 Å². The van der Waals surface area contributed by atoms with Gasteiger partial charge in [0.1, 0.15) is 0 Å². The van der Waals surface area contributed by atoms with Gasteiger partial charge in [0.25, 0.3) is 0 Å². The SMILES string of the molecule is C=C[Si](C)(O)O[SiH](C)C. The Morgan fingerprint density at radius 2 is 2.11 bits per heavy atom. The summed E-state index contributed by atoms with van der Waals surface area (Å²) < 4.78 is 5.30. The second-order valence-electron chi connectivity index (χ2n) is 2.43. The molecule has 1 atom stereocenters. The molecule has 0 saturated carbocycles. The quantitative estimate of drug-likeness (QED) is 0.621. The van der Waals surface area contributed by atoms with E-state index in [-0.39, 0.29) is 0 Å². The van der Waals surface area contributed by atoms with Crippen molar-refractivity contribution in [1.82, 2.24) is 0 Å². The first-order valence-electron chi connectivity index (χ1n) is 3.02. The van der Waals surface area contributed by atoms with Crippen molar-refractivity contribution < 1.29 is 8.91 Å².